The molecular formula is C23H27FN4O2. The van der Waals surface area contributed by atoms with Gasteiger partial charge in [0, 0.05) is 24.7 Å². The van der Waals surface area contributed by atoms with Gasteiger partial charge in [-0.05, 0) is 69.5 Å². The Kier molecular flexibility index (Phi) is 5.00. The molecule has 2 heterocycles. The van der Waals surface area contributed by atoms with Gasteiger partial charge in [-0.25, -0.2) is 19.1 Å². The van der Waals surface area contributed by atoms with Crippen molar-refractivity contribution in [2.45, 2.75) is 64.3 Å². The Labute approximate surface area is 176 Å². The van der Waals surface area contributed by atoms with Crippen LogP contribution in [0.1, 0.15) is 51.2 Å². The fraction of sp³-hybridized carbons (Fsp3) is 0.435. The normalized spacial score (nSPS) is 22.7. The van der Waals surface area contributed by atoms with Crippen molar-refractivity contribution in [2.75, 3.05) is 10.2 Å². The van der Waals surface area contributed by atoms with Crippen LogP contribution in [0.25, 0.3) is 0 Å². The van der Waals surface area contributed by atoms with Gasteiger partial charge in [0.1, 0.15) is 17.5 Å². The number of imide groups is 1. The van der Waals surface area contributed by atoms with Gasteiger partial charge in [0.15, 0.2) is 0 Å². The van der Waals surface area contributed by atoms with E-state index in [1.807, 2.05) is 38.1 Å². The third kappa shape index (κ3) is 3.64. The lowest BCUT2D eigenvalue weighted by Crippen LogP contribution is -2.43. The molecule has 158 valence electrons. The molecule has 2 aromatic rings. The standard InChI is InChI=1S/C23H27FN4O2/c1-14(2)26-20-11-15(9-10-25-20)13-27-22(30)28(21(29)23(27,3)4)17-7-5-16(6-8-17)18-12-19(18)24/h5-11,14,18-19H,12-13H2,1-4H3,(H,25,26)/t18-,19+/m1/s1. The molecule has 0 unspecified atom stereocenters. The number of rotatable bonds is 6. The number of aromatic nitrogens is 1. The number of halogens is 1. The maximum atomic E-state index is 13.3. The van der Waals surface area contributed by atoms with Crippen molar-refractivity contribution in [3.05, 3.63) is 53.7 Å². The molecule has 30 heavy (non-hydrogen) atoms. The second kappa shape index (κ2) is 7.38. The molecule has 1 N–H and O–H groups in total. The first-order chi connectivity index (χ1) is 14.2. The van der Waals surface area contributed by atoms with Crippen LogP contribution in [0.3, 0.4) is 0 Å². The number of anilines is 2. The van der Waals surface area contributed by atoms with Crippen LogP contribution in [0.15, 0.2) is 42.6 Å². The fourth-order valence-electron chi connectivity index (χ4n) is 3.84. The topological polar surface area (TPSA) is 65.5 Å². The zero-order chi connectivity index (χ0) is 21.6. The lowest BCUT2D eigenvalue weighted by molar-refractivity contribution is -0.123. The molecule has 2 aliphatic rings. The molecule has 0 bridgehead atoms. The zero-order valence-electron chi connectivity index (χ0n) is 17.7. The SMILES string of the molecule is CC(C)Nc1cc(CN2C(=O)N(c3ccc([C@H]4C[C@@H]4F)cc3)C(=O)C2(C)C)ccn1. The number of benzene rings is 1. The van der Waals surface area contributed by atoms with Crippen molar-refractivity contribution in [1.29, 1.82) is 0 Å². The Balaban J connectivity index is 1.56. The van der Waals surface area contributed by atoms with E-state index in [4.69, 9.17) is 0 Å². The molecule has 7 heteroatoms. The van der Waals surface area contributed by atoms with Crippen LogP contribution in [0.5, 0.6) is 0 Å². The number of hydrogen-bond donors (Lipinski definition) is 1. The van der Waals surface area contributed by atoms with Crippen LogP contribution < -0.4 is 10.2 Å². The van der Waals surface area contributed by atoms with Gasteiger partial charge in [-0.1, -0.05) is 12.1 Å². The molecule has 0 spiro atoms. The van der Waals surface area contributed by atoms with Crippen LogP contribution in [0.2, 0.25) is 0 Å². The van der Waals surface area contributed by atoms with Gasteiger partial charge >= 0.3 is 6.03 Å². The highest BCUT2D eigenvalue weighted by atomic mass is 19.1. The molecular weight excluding hydrogens is 383 g/mol. The quantitative estimate of drug-likeness (QED) is 0.714. The van der Waals surface area contributed by atoms with Gasteiger partial charge in [-0.2, -0.15) is 0 Å². The Hall–Kier alpha value is -2.96. The van der Waals surface area contributed by atoms with Crippen molar-refractivity contribution < 1.29 is 14.0 Å². The van der Waals surface area contributed by atoms with Gasteiger partial charge < -0.3 is 10.2 Å². The van der Waals surface area contributed by atoms with Crippen LogP contribution in [0, 0.1) is 0 Å². The molecule has 1 saturated carbocycles. The molecule has 1 aliphatic heterocycles. The van der Waals surface area contributed by atoms with Crippen molar-refractivity contribution in [3.63, 3.8) is 0 Å². The van der Waals surface area contributed by atoms with Crippen molar-refractivity contribution in [1.82, 2.24) is 9.88 Å². The summed E-state index contributed by atoms with van der Waals surface area (Å²) < 4.78 is 13.3. The van der Waals surface area contributed by atoms with E-state index in [1.165, 1.54) is 4.90 Å². The average Bonchev–Trinajstić information content (AvgIpc) is 3.39. The van der Waals surface area contributed by atoms with Gasteiger partial charge in [-0.15, -0.1) is 0 Å². The van der Waals surface area contributed by atoms with E-state index in [0.717, 1.165) is 16.9 Å². The molecule has 3 amide bonds. The number of amides is 3. The highest BCUT2D eigenvalue weighted by Gasteiger charge is 2.51. The number of carbonyl (C=O) groups is 2. The van der Waals surface area contributed by atoms with E-state index in [2.05, 4.69) is 10.3 Å². The van der Waals surface area contributed by atoms with Gasteiger partial charge in [-0.3, -0.25) is 4.79 Å². The van der Waals surface area contributed by atoms with E-state index in [9.17, 15) is 14.0 Å². The maximum absolute atomic E-state index is 13.3. The molecule has 6 nitrogen and oxygen atoms in total. The van der Waals surface area contributed by atoms with Crippen LogP contribution in [-0.4, -0.2) is 39.6 Å². The minimum atomic E-state index is -0.981. The van der Waals surface area contributed by atoms with E-state index in [1.54, 1.807) is 37.1 Å². The second-order valence-electron chi connectivity index (χ2n) is 8.87. The van der Waals surface area contributed by atoms with E-state index >= 15 is 0 Å². The molecule has 2 atom stereocenters. The summed E-state index contributed by atoms with van der Waals surface area (Å²) in [7, 11) is 0. The first-order valence-electron chi connectivity index (χ1n) is 10.3. The van der Waals surface area contributed by atoms with Crippen LogP contribution in [-0.2, 0) is 11.3 Å². The fourth-order valence-corrected chi connectivity index (χ4v) is 3.84. The first-order valence-corrected chi connectivity index (χ1v) is 10.3. The summed E-state index contributed by atoms with van der Waals surface area (Å²) in [5, 5.41) is 3.25. The number of alkyl halides is 1. The zero-order valence-corrected chi connectivity index (χ0v) is 17.7. The number of nitrogens with zero attached hydrogens (tertiary/aromatic N) is 3. The molecule has 4 rings (SSSR count). The summed E-state index contributed by atoms with van der Waals surface area (Å²) in [5.41, 5.74) is 1.33. The van der Waals surface area contributed by atoms with Crippen molar-refractivity contribution >= 4 is 23.4 Å². The highest BCUT2D eigenvalue weighted by molar-refractivity contribution is 6.22. The van der Waals surface area contributed by atoms with Crippen molar-refractivity contribution in [3.8, 4) is 0 Å². The third-order valence-electron chi connectivity index (χ3n) is 5.72. The number of hydrogen-bond acceptors (Lipinski definition) is 4. The summed E-state index contributed by atoms with van der Waals surface area (Å²) >= 11 is 0. The summed E-state index contributed by atoms with van der Waals surface area (Å²) in [5.74, 6) is 0.402. The second-order valence-corrected chi connectivity index (χ2v) is 8.87. The Morgan fingerprint density at radius 1 is 1.20 bits per heavy atom. The summed E-state index contributed by atoms with van der Waals surface area (Å²) in [6.45, 7) is 7.87. The summed E-state index contributed by atoms with van der Waals surface area (Å²) in [6, 6.07) is 10.7. The smallest absolute Gasteiger partial charge is 0.332 e. The lowest BCUT2D eigenvalue weighted by atomic mass is 10.0. The van der Waals surface area contributed by atoms with E-state index < -0.39 is 11.7 Å². The molecule has 0 radical (unpaired) electrons. The number of urea groups is 1. The molecule has 2 fully saturated rings. The lowest BCUT2D eigenvalue weighted by Gasteiger charge is -2.27. The largest absolute Gasteiger partial charge is 0.368 e. The number of carbonyl (C=O) groups excluding carboxylic acids is 2. The van der Waals surface area contributed by atoms with Gasteiger partial charge in [0.2, 0.25) is 0 Å². The maximum Gasteiger partial charge on any atom is 0.332 e. The molecule has 1 aromatic heterocycles. The molecule has 1 aromatic carbocycles. The van der Waals surface area contributed by atoms with E-state index in [-0.39, 0.29) is 23.9 Å². The Morgan fingerprint density at radius 2 is 1.87 bits per heavy atom. The average molecular weight is 410 g/mol. The van der Waals surface area contributed by atoms with Gasteiger partial charge in [0.05, 0.1) is 5.69 Å². The summed E-state index contributed by atoms with van der Waals surface area (Å²) in [4.78, 5) is 33.4. The van der Waals surface area contributed by atoms with Crippen LogP contribution in [0.4, 0.5) is 20.7 Å². The van der Waals surface area contributed by atoms with Crippen molar-refractivity contribution in [2.24, 2.45) is 0 Å². The molecule has 1 saturated heterocycles. The minimum Gasteiger partial charge on any atom is -0.368 e. The van der Waals surface area contributed by atoms with Gasteiger partial charge in [0.25, 0.3) is 5.91 Å². The number of nitrogens with one attached hydrogen (secondary N) is 1. The minimum absolute atomic E-state index is 0.0581. The summed E-state index contributed by atoms with van der Waals surface area (Å²) in [6.07, 6.45) is 1.46. The Morgan fingerprint density at radius 3 is 2.47 bits per heavy atom. The third-order valence-corrected chi connectivity index (χ3v) is 5.72. The predicted octanol–water partition coefficient (Wildman–Crippen LogP) is 4.47. The molecule has 1 aliphatic carbocycles. The monoisotopic (exact) mass is 410 g/mol. The number of pyridine rings is 1. The van der Waals surface area contributed by atoms with E-state index in [0.29, 0.717) is 18.7 Å². The predicted molar refractivity (Wildman–Crippen MR) is 114 cm³/mol. The van der Waals surface area contributed by atoms with Crippen LogP contribution >= 0.6 is 0 Å². The first kappa shape index (κ1) is 20.3. The highest BCUT2D eigenvalue weighted by Crippen LogP contribution is 2.44. The Bertz CT molecular complexity index is 973.